The molecule has 2 aromatic carbocycles. The van der Waals surface area contributed by atoms with Crippen LogP contribution in [0.3, 0.4) is 0 Å². The van der Waals surface area contributed by atoms with Crippen LogP contribution in [-0.2, 0) is 14.3 Å². The van der Waals surface area contributed by atoms with Crippen LogP contribution in [0.15, 0.2) is 59.8 Å². The Morgan fingerprint density at radius 1 is 0.933 bits per heavy atom. The lowest BCUT2D eigenvalue weighted by atomic mass is 9.91. The molecule has 2 aromatic rings. The number of rotatable bonds is 5. The Kier molecular flexibility index (Phi) is 6.06. The number of ether oxygens (including phenoxy) is 3. The van der Waals surface area contributed by atoms with E-state index < -0.39 is 24.0 Å². The number of allylic oxidation sites excluding steroid dienone is 1. The zero-order valence-electron chi connectivity index (χ0n) is 17.1. The van der Waals surface area contributed by atoms with E-state index in [1.807, 2.05) is 0 Å². The summed E-state index contributed by atoms with van der Waals surface area (Å²) in [5.41, 5.74) is 1.83. The van der Waals surface area contributed by atoms with E-state index in [-0.39, 0.29) is 11.1 Å². The molecule has 0 spiro atoms. The fourth-order valence-corrected chi connectivity index (χ4v) is 3.44. The Labute approximate surface area is 174 Å². The minimum Gasteiger partial charge on any atom is -0.497 e. The van der Waals surface area contributed by atoms with Gasteiger partial charge < -0.3 is 19.5 Å². The molecule has 1 N–H and O–H groups in total. The van der Waals surface area contributed by atoms with Crippen molar-refractivity contribution in [2.45, 2.75) is 13.0 Å². The van der Waals surface area contributed by atoms with Gasteiger partial charge in [-0.3, -0.25) is 4.90 Å². The topological polar surface area (TPSA) is 94.2 Å². The summed E-state index contributed by atoms with van der Waals surface area (Å²) in [7, 11) is 4.08. The van der Waals surface area contributed by atoms with Crippen LogP contribution in [0, 0.1) is 0 Å². The lowest BCUT2D eigenvalue weighted by Gasteiger charge is -2.35. The van der Waals surface area contributed by atoms with Crippen LogP contribution in [0.1, 0.15) is 28.9 Å². The summed E-state index contributed by atoms with van der Waals surface area (Å²) in [6, 6.07) is 12.2. The second-order valence-corrected chi connectivity index (χ2v) is 6.49. The van der Waals surface area contributed by atoms with E-state index in [0.29, 0.717) is 22.7 Å². The Hall–Kier alpha value is -3.81. The molecule has 3 rings (SSSR count). The highest BCUT2D eigenvalue weighted by atomic mass is 16.5. The van der Waals surface area contributed by atoms with Crippen molar-refractivity contribution < 1.29 is 28.6 Å². The third-order valence-electron chi connectivity index (χ3n) is 4.90. The first-order valence-corrected chi connectivity index (χ1v) is 9.14. The number of carbonyl (C=O) groups is 3. The van der Waals surface area contributed by atoms with Crippen molar-refractivity contribution in [3.05, 3.63) is 70.9 Å². The van der Waals surface area contributed by atoms with Crippen LogP contribution in [0.2, 0.25) is 0 Å². The molecule has 1 aliphatic heterocycles. The van der Waals surface area contributed by atoms with Crippen molar-refractivity contribution in [3.63, 3.8) is 0 Å². The molecule has 0 radical (unpaired) electrons. The van der Waals surface area contributed by atoms with Gasteiger partial charge in [-0.25, -0.2) is 14.4 Å². The standard InChI is InChI=1S/C22H22N2O6/c1-13-18(21(26)30-4)19(16-7-5-6-8-17(16)20(25)29-3)23-22(27)24(13)14-9-11-15(28-2)12-10-14/h5-12,19H,1-4H3,(H,23,27). The molecule has 2 amide bonds. The van der Waals surface area contributed by atoms with Crippen molar-refractivity contribution in [2.24, 2.45) is 0 Å². The molecule has 0 saturated heterocycles. The molecular formula is C22H22N2O6. The minimum atomic E-state index is -0.880. The zero-order valence-corrected chi connectivity index (χ0v) is 17.1. The average molecular weight is 410 g/mol. The molecule has 1 unspecified atom stereocenters. The van der Waals surface area contributed by atoms with E-state index in [2.05, 4.69) is 5.32 Å². The maximum absolute atomic E-state index is 13.0. The number of methoxy groups -OCH3 is 3. The quantitative estimate of drug-likeness (QED) is 0.761. The summed E-state index contributed by atoms with van der Waals surface area (Å²) in [5.74, 6) is -0.550. The molecule has 30 heavy (non-hydrogen) atoms. The molecule has 8 nitrogen and oxygen atoms in total. The van der Waals surface area contributed by atoms with E-state index in [1.54, 1.807) is 62.6 Å². The normalized spacial score (nSPS) is 16.1. The summed E-state index contributed by atoms with van der Waals surface area (Å²) in [6.07, 6.45) is 0. The highest BCUT2D eigenvalue weighted by molar-refractivity contribution is 6.04. The molecule has 0 fully saturated rings. The maximum atomic E-state index is 13.0. The summed E-state index contributed by atoms with van der Waals surface area (Å²) in [5, 5.41) is 2.81. The first-order valence-electron chi connectivity index (χ1n) is 9.14. The Bertz CT molecular complexity index is 1010. The van der Waals surface area contributed by atoms with Gasteiger partial charge in [0.1, 0.15) is 5.75 Å². The van der Waals surface area contributed by atoms with Crippen LogP contribution in [0.4, 0.5) is 10.5 Å². The number of urea groups is 1. The average Bonchev–Trinajstić information content (AvgIpc) is 2.78. The van der Waals surface area contributed by atoms with Crippen LogP contribution >= 0.6 is 0 Å². The molecule has 0 aliphatic carbocycles. The van der Waals surface area contributed by atoms with Gasteiger partial charge in [-0.1, -0.05) is 18.2 Å². The Morgan fingerprint density at radius 3 is 2.17 bits per heavy atom. The van der Waals surface area contributed by atoms with Gasteiger partial charge in [-0.2, -0.15) is 0 Å². The number of benzene rings is 2. The monoisotopic (exact) mass is 410 g/mol. The largest absolute Gasteiger partial charge is 0.497 e. The molecule has 8 heteroatoms. The van der Waals surface area contributed by atoms with Gasteiger partial charge in [0, 0.05) is 5.70 Å². The van der Waals surface area contributed by atoms with E-state index >= 15 is 0 Å². The number of hydrogen-bond acceptors (Lipinski definition) is 6. The van der Waals surface area contributed by atoms with Gasteiger partial charge in [0.15, 0.2) is 0 Å². The lowest BCUT2D eigenvalue weighted by molar-refractivity contribution is -0.136. The number of hydrogen-bond donors (Lipinski definition) is 1. The number of carbonyl (C=O) groups excluding carboxylic acids is 3. The predicted octanol–water partition coefficient (Wildman–Crippen LogP) is 3.20. The third-order valence-corrected chi connectivity index (χ3v) is 4.90. The number of anilines is 1. The first kappa shape index (κ1) is 20.9. The minimum absolute atomic E-state index is 0.212. The molecular weight excluding hydrogens is 388 g/mol. The fourth-order valence-electron chi connectivity index (χ4n) is 3.44. The molecule has 0 aromatic heterocycles. The van der Waals surface area contributed by atoms with Crippen molar-refractivity contribution in [3.8, 4) is 5.75 Å². The molecule has 1 aliphatic rings. The second-order valence-electron chi connectivity index (χ2n) is 6.49. The smallest absolute Gasteiger partial charge is 0.338 e. The summed E-state index contributed by atoms with van der Waals surface area (Å²) in [6.45, 7) is 1.66. The van der Waals surface area contributed by atoms with E-state index in [0.717, 1.165) is 0 Å². The molecule has 156 valence electrons. The van der Waals surface area contributed by atoms with Crippen molar-refractivity contribution in [1.29, 1.82) is 0 Å². The SMILES string of the molecule is COC(=O)C1=C(C)N(c2ccc(OC)cc2)C(=O)NC1c1ccccc1C(=O)OC. The molecule has 0 saturated carbocycles. The molecule has 1 heterocycles. The number of esters is 2. The second kappa shape index (κ2) is 8.69. The number of nitrogens with zero attached hydrogens (tertiary/aromatic N) is 1. The summed E-state index contributed by atoms with van der Waals surface area (Å²) < 4.78 is 15.0. The zero-order chi connectivity index (χ0) is 21.8. The highest BCUT2D eigenvalue weighted by Gasteiger charge is 2.38. The maximum Gasteiger partial charge on any atom is 0.338 e. The predicted molar refractivity (Wildman–Crippen MR) is 109 cm³/mol. The van der Waals surface area contributed by atoms with Gasteiger partial charge >= 0.3 is 18.0 Å². The lowest BCUT2D eigenvalue weighted by Crippen LogP contribution is -2.48. The Balaban J connectivity index is 2.16. The van der Waals surface area contributed by atoms with Gasteiger partial charge in [0.2, 0.25) is 0 Å². The number of amides is 2. The van der Waals surface area contributed by atoms with Crippen LogP contribution < -0.4 is 15.0 Å². The first-order chi connectivity index (χ1) is 14.4. The van der Waals surface area contributed by atoms with E-state index in [1.165, 1.54) is 19.1 Å². The van der Waals surface area contributed by atoms with Gasteiger partial charge in [-0.05, 0) is 42.8 Å². The molecule has 0 bridgehead atoms. The highest BCUT2D eigenvalue weighted by Crippen LogP contribution is 2.35. The van der Waals surface area contributed by atoms with Crippen molar-refractivity contribution in [2.75, 3.05) is 26.2 Å². The molecule has 1 atom stereocenters. The summed E-state index contributed by atoms with van der Waals surface area (Å²) in [4.78, 5) is 39.4. The fraction of sp³-hybridized carbons (Fsp3) is 0.227. The van der Waals surface area contributed by atoms with E-state index in [4.69, 9.17) is 14.2 Å². The Morgan fingerprint density at radius 2 is 1.57 bits per heavy atom. The third kappa shape index (κ3) is 3.71. The van der Waals surface area contributed by atoms with Crippen molar-refractivity contribution >= 4 is 23.7 Å². The van der Waals surface area contributed by atoms with E-state index in [9.17, 15) is 14.4 Å². The summed E-state index contributed by atoms with van der Waals surface area (Å²) >= 11 is 0. The van der Waals surface area contributed by atoms with Crippen LogP contribution in [0.5, 0.6) is 5.75 Å². The van der Waals surface area contributed by atoms with Crippen LogP contribution in [0.25, 0.3) is 0 Å². The van der Waals surface area contributed by atoms with Gasteiger partial charge in [0.05, 0.1) is 44.2 Å². The van der Waals surface area contributed by atoms with Gasteiger partial charge in [0.25, 0.3) is 0 Å². The van der Waals surface area contributed by atoms with Crippen LogP contribution in [-0.4, -0.2) is 39.3 Å². The number of nitrogens with one attached hydrogen (secondary N) is 1. The van der Waals surface area contributed by atoms with Gasteiger partial charge in [-0.15, -0.1) is 0 Å². The van der Waals surface area contributed by atoms with Crippen molar-refractivity contribution in [1.82, 2.24) is 5.32 Å².